The first-order valence-corrected chi connectivity index (χ1v) is 11.7. The number of aromatic nitrogens is 2. The van der Waals surface area contributed by atoms with Gasteiger partial charge in [-0.25, -0.2) is 20.5 Å². The number of fused-ring (bicyclic) bond motifs is 3. The van der Waals surface area contributed by atoms with Crippen LogP contribution >= 0.6 is 11.6 Å². The number of oxime groups is 1. The van der Waals surface area contributed by atoms with Crippen molar-refractivity contribution in [1.82, 2.24) is 20.6 Å². The summed E-state index contributed by atoms with van der Waals surface area (Å²) in [5, 5.41) is 31.0. The monoisotopic (exact) mass is 512 g/mol. The van der Waals surface area contributed by atoms with Crippen molar-refractivity contribution in [2.45, 2.75) is 5.60 Å². The summed E-state index contributed by atoms with van der Waals surface area (Å²) < 4.78 is 1.78. The number of aliphatic hydroxyl groups is 1. The highest BCUT2D eigenvalue weighted by Crippen LogP contribution is 2.40. The van der Waals surface area contributed by atoms with Crippen LogP contribution in [0, 0.1) is 0 Å². The molecule has 1 unspecified atom stereocenters. The Kier molecular flexibility index (Phi) is 5.49. The molecule has 6 rings (SSSR count). The number of hydrogen-bond acceptors (Lipinski definition) is 9. The number of hydrogen-bond donors (Lipinski definition) is 4. The van der Waals surface area contributed by atoms with Gasteiger partial charge in [-0.15, -0.1) is 10.6 Å². The number of rotatable bonds is 5. The van der Waals surface area contributed by atoms with E-state index in [1.807, 2.05) is 43.4 Å². The number of halogens is 1. The second-order valence-corrected chi connectivity index (χ2v) is 9.08. The van der Waals surface area contributed by atoms with Crippen LogP contribution in [-0.4, -0.2) is 37.8 Å². The summed E-state index contributed by atoms with van der Waals surface area (Å²) in [7, 11) is 1.83. The Balaban J connectivity index is 1.56. The lowest BCUT2D eigenvalue weighted by atomic mass is 9.81. The first kappa shape index (κ1) is 22.9. The zero-order valence-electron chi connectivity index (χ0n) is 19.5. The van der Waals surface area contributed by atoms with E-state index in [2.05, 4.69) is 26.3 Å². The van der Waals surface area contributed by atoms with Gasteiger partial charge in [-0.3, -0.25) is 0 Å². The average molecular weight is 513 g/mol. The molecule has 37 heavy (non-hydrogen) atoms. The van der Waals surface area contributed by atoms with Gasteiger partial charge in [0.15, 0.2) is 5.60 Å². The molecular weight excluding hydrogens is 492 g/mol. The Morgan fingerprint density at radius 2 is 1.86 bits per heavy atom. The topological polar surface area (TPSA) is 123 Å². The molecule has 2 aliphatic heterocycles. The molecule has 11 heteroatoms. The summed E-state index contributed by atoms with van der Waals surface area (Å²) in [4.78, 5) is 9.03. The second kappa shape index (κ2) is 8.86. The molecule has 1 aromatic heterocycles. The number of benzene rings is 3. The molecule has 4 N–H and O–H groups in total. The largest absolute Gasteiger partial charge is 0.411 e. The van der Waals surface area contributed by atoms with Crippen molar-refractivity contribution in [3.05, 3.63) is 118 Å². The lowest BCUT2D eigenvalue weighted by Crippen LogP contribution is -2.43. The van der Waals surface area contributed by atoms with Crippen molar-refractivity contribution < 1.29 is 10.3 Å². The maximum absolute atomic E-state index is 12.4. The molecule has 0 amide bonds. The molecule has 0 fully saturated rings. The van der Waals surface area contributed by atoms with E-state index < -0.39 is 5.60 Å². The van der Waals surface area contributed by atoms with Crippen LogP contribution < -0.4 is 16.1 Å². The second-order valence-electron chi connectivity index (χ2n) is 8.64. The number of hydrazone groups is 1. The van der Waals surface area contributed by atoms with Crippen LogP contribution in [0.1, 0.15) is 33.5 Å². The minimum Gasteiger partial charge on any atom is -0.411 e. The van der Waals surface area contributed by atoms with Crippen molar-refractivity contribution >= 4 is 35.2 Å². The molecule has 0 bridgehead atoms. The van der Waals surface area contributed by atoms with E-state index in [0.29, 0.717) is 39.1 Å². The Morgan fingerprint density at radius 1 is 1.05 bits per heavy atom. The van der Waals surface area contributed by atoms with E-state index in [1.165, 1.54) is 6.21 Å². The number of aliphatic imine (C=N–C) groups is 1. The number of aryl methyl sites for hydroxylation is 1. The highest BCUT2D eigenvalue weighted by atomic mass is 35.5. The van der Waals surface area contributed by atoms with Crippen LogP contribution in [0.5, 0.6) is 0 Å². The van der Waals surface area contributed by atoms with E-state index in [9.17, 15) is 5.11 Å². The normalized spacial score (nSPS) is 16.0. The van der Waals surface area contributed by atoms with Crippen molar-refractivity contribution in [2.75, 3.05) is 5.01 Å². The Bertz CT molecular complexity index is 1590. The molecule has 0 aliphatic carbocycles. The van der Waals surface area contributed by atoms with Crippen molar-refractivity contribution in [1.29, 1.82) is 0 Å². The maximum atomic E-state index is 12.4. The van der Waals surface area contributed by atoms with Gasteiger partial charge in [-0.05, 0) is 41.0 Å². The van der Waals surface area contributed by atoms with Gasteiger partial charge in [0, 0.05) is 23.2 Å². The number of hydrazine groups is 2. The van der Waals surface area contributed by atoms with E-state index in [1.54, 1.807) is 52.4 Å². The number of nitrogens with one attached hydrogen (secondary N) is 2. The molecule has 1 atom stereocenters. The van der Waals surface area contributed by atoms with Crippen LogP contribution in [0.4, 0.5) is 5.69 Å². The van der Waals surface area contributed by atoms with Crippen molar-refractivity contribution in [3.63, 3.8) is 0 Å². The zero-order valence-corrected chi connectivity index (χ0v) is 20.3. The molecule has 0 spiro atoms. The quantitative estimate of drug-likeness (QED) is 0.185. The van der Waals surface area contributed by atoms with Gasteiger partial charge in [-0.2, -0.15) is 0 Å². The van der Waals surface area contributed by atoms with Gasteiger partial charge >= 0.3 is 0 Å². The van der Waals surface area contributed by atoms with E-state index >= 15 is 0 Å². The Morgan fingerprint density at radius 3 is 2.59 bits per heavy atom. The van der Waals surface area contributed by atoms with Gasteiger partial charge in [0.2, 0.25) is 0 Å². The molecule has 184 valence electrons. The van der Waals surface area contributed by atoms with Crippen LogP contribution in [0.15, 0.2) is 94.5 Å². The van der Waals surface area contributed by atoms with Crippen LogP contribution in [0.25, 0.3) is 0 Å². The van der Waals surface area contributed by atoms with Crippen LogP contribution in [-0.2, 0) is 12.6 Å². The van der Waals surface area contributed by atoms with E-state index in [0.717, 1.165) is 16.8 Å². The summed E-state index contributed by atoms with van der Waals surface area (Å²) in [5.74, 6) is 0.457. The summed E-state index contributed by atoms with van der Waals surface area (Å²) in [6.45, 7) is 0. The molecule has 3 heterocycles. The van der Waals surface area contributed by atoms with Gasteiger partial charge < -0.3 is 14.9 Å². The lowest BCUT2D eigenvalue weighted by Gasteiger charge is -2.32. The highest BCUT2D eigenvalue weighted by Gasteiger charge is 2.38. The van der Waals surface area contributed by atoms with E-state index in [-0.39, 0.29) is 0 Å². The highest BCUT2D eigenvalue weighted by molar-refractivity contribution is 6.32. The number of guanidine groups is 1. The average Bonchev–Trinajstić information content (AvgIpc) is 3.57. The fraction of sp³-hybridized carbons (Fsp3) is 0.0769. The molecular formula is C26H21ClN8O2. The molecule has 3 aromatic carbocycles. The van der Waals surface area contributed by atoms with Gasteiger partial charge in [0.1, 0.15) is 0 Å². The fourth-order valence-electron chi connectivity index (χ4n) is 4.68. The predicted molar refractivity (Wildman–Crippen MR) is 141 cm³/mol. The third-order valence-electron chi connectivity index (χ3n) is 6.46. The predicted octanol–water partition coefficient (Wildman–Crippen LogP) is 3.12. The van der Waals surface area contributed by atoms with E-state index in [4.69, 9.17) is 21.8 Å². The molecule has 4 aromatic rings. The van der Waals surface area contributed by atoms with Gasteiger partial charge in [0.05, 0.1) is 35.8 Å². The Hall–Kier alpha value is -4.51. The summed E-state index contributed by atoms with van der Waals surface area (Å²) in [5.41, 5.74) is 9.74. The first-order valence-electron chi connectivity index (χ1n) is 11.3. The smallest absolute Gasteiger partial charge is 0.265 e. The summed E-state index contributed by atoms with van der Waals surface area (Å²) >= 11 is 6.31. The zero-order chi connectivity index (χ0) is 25.6. The van der Waals surface area contributed by atoms with Crippen molar-refractivity contribution in [3.8, 4) is 0 Å². The third kappa shape index (κ3) is 3.75. The molecule has 0 radical (unpaired) electrons. The Labute approximate surface area is 216 Å². The van der Waals surface area contributed by atoms with Gasteiger partial charge in [0.25, 0.3) is 5.96 Å². The van der Waals surface area contributed by atoms with Crippen molar-refractivity contribution in [2.24, 2.45) is 22.3 Å². The minimum absolute atomic E-state index is 0.457. The molecule has 0 saturated heterocycles. The SMILES string of the molecule is Cn1cncc1C(O)(c1ccc(/C=N/O)cc1)c1ccc2c(c1)C(c1cccc(Cl)c1)=NC1=NNNN12. The maximum Gasteiger partial charge on any atom is 0.265 e. The van der Waals surface area contributed by atoms with Gasteiger partial charge in [-0.1, -0.05) is 59.2 Å². The van der Waals surface area contributed by atoms with Crippen LogP contribution in [0.3, 0.4) is 0 Å². The van der Waals surface area contributed by atoms with Crippen LogP contribution in [0.2, 0.25) is 5.02 Å². The minimum atomic E-state index is -1.56. The standard InChI is InChI=1S/C26H21ClN8O2/c1-34-15-28-14-23(34)26(36,18-7-5-16(6-8-18)13-29-37)19-9-10-22-21(12-19)24(17-3-2-4-20(27)11-17)30-25-31-32-33-35(22)25/h2-15,32-33,36-37H,1H3/b29-13+. The number of nitrogens with zero attached hydrogens (tertiary/aromatic N) is 6. The summed E-state index contributed by atoms with van der Waals surface area (Å²) in [6.07, 6.45) is 4.62. The lowest BCUT2D eigenvalue weighted by molar-refractivity contribution is 0.117. The molecule has 10 nitrogen and oxygen atoms in total. The fourth-order valence-corrected chi connectivity index (χ4v) is 4.87. The number of anilines is 1. The number of imidazole rings is 1. The third-order valence-corrected chi connectivity index (χ3v) is 6.70. The summed E-state index contributed by atoms with van der Waals surface area (Å²) in [6, 6.07) is 20.3. The molecule has 2 aliphatic rings. The molecule has 0 saturated carbocycles. The first-order chi connectivity index (χ1) is 18.0.